The lowest BCUT2D eigenvalue weighted by atomic mass is 10.1. The Hall–Kier alpha value is -4.41. The number of rotatable bonds is 29. The maximum Gasteiger partial charge on any atom is 0.220 e. The second kappa shape index (κ2) is 28.1. The number of hydrogen-bond acceptors (Lipinski definition) is 10. The van der Waals surface area contributed by atoms with Gasteiger partial charge >= 0.3 is 0 Å². The number of anilines is 2. The van der Waals surface area contributed by atoms with Crippen molar-refractivity contribution in [3.05, 3.63) is 120 Å². The van der Waals surface area contributed by atoms with E-state index < -0.39 is 0 Å². The molecule has 1 aliphatic heterocycles. The summed E-state index contributed by atoms with van der Waals surface area (Å²) in [4.78, 5) is 29.8. The highest BCUT2D eigenvalue weighted by Gasteiger charge is 2.12. The SMILES string of the molecule is O=C(CCC[n+]1ccc(/C=C/c2ccc(N(CCO)CCO)cc2)cc1)NCCSSCCNC(=O)CCC[NH+]1C=CC(/C=C/c2ccc(N(CCO)CCO)cc2)=C1. The minimum atomic E-state index is 0.0376. The molecule has 0 radical (unpaired) electrons. The number of aromatic nitrogens is 1. The Morgan fingerprint density at radius 2 is 1.08 bits per heavy atom. The number of pyridine rings is 1. The Morgan fingerprint density at radius 1 is 0.627 bits per heavy atom. The van der Waals surface area contributed by atoms with E-state index in [1.165, 1.54) is 4.90 Å². The summed E-state index contributed by atoms with van der Waals surface area (Å²) >= 11 is 0. The summed E-state index contributed by atoms with van der Waals surface area (Å²) in [7, 11) is 3.40. The lowest BCUT2D eigenvalue weighted by molar-refractivity contribution is -0.787. The number of nitrogens with zero attached hydrogens (tertiary/aromatic N) is 3. The molecule has 0 saturated heterocycles. The smallest absolute Gasteiger partial charge is 0.220 e. The number of benzene rings is 2. The molecule has 0 bridgehead atoms. The third-order valence-corrected chi connectivity index (χ3v) is 11.9. The van der Waals surface area contributed by atoms with E-state index in [1.807, 2.05) is 70.7 Å². The van der Waals surface area contributed by atoms with E-state index >= 15 is 0 Å². The molecule has 14 heteroatoms. The molecule has 318 valence electrons. The van der Waals surface area contributed by atoms with Crippen LogP contribution in [0.3, 0.4) is 0 Å². The highest BCUT2D eigenvalue weighted by Crippen LogP contribution is 2.20. The minimum Gasteiger partial charge on any atom is -0.395 e. The van der Waals surface area contributed by atoms with Crippen molar-refractivity contribution < 1.29 is 39.5 Å². The number of aliphatic hydroxyl groups excluding tert-OH is 4. The highest BCUT2D eigenvalue weighted by molar-refractivity contribution is 8.76. The Kier molecular flexibility index (Phi) is 22.5. The summed E-state index contributed by atoms with van der Waals surface area (Å²) in [6.07, 6.45) is 21.2. The van der Waals surface area contributed by atoms with Crippen molar-refractivity contribution in [2.24, 2.45) is 0 Å². The molecule has 2 amide bonds. The van der Waals surface area contributed by atoms with E-state index in [0.717, 1.165) is 71.1 Å². The number of quaternary nitrogens is 1. The van der Waals surface area contributed by atoms with Crippen molar-refractivity contribution in [3.63, 3.8) is 0 Å². The molecule has 1 atom stereocenters. The van der Waals surface area contributed by atoms with Crippen LogP contribution in [0.25, 0.3) is 18.2 Å². The van der Waals surface area contributed by atoms with Crippen LogP contribution in [0.2, 0.25) is 0 Å². The Bertz CT molecular complexity index is 1780. The van der Waals surface area contributed by atoms with Gasteiger partial charge < -0.3 is 40.9 Å². The van der Waals surface area contributed by atoms with Gasteiger partial charge in [0.15, 0.2) is 12.4 Å². The van der Waals surface area contributed by atoms with Crippen LogP contribution in [0.1, 0.15) is 42.4 Å². The first-order chi connectivity index (χ1) is 28.9. The fraction of sp³-hybridized carbons (Fsp3) is 0.400. The van der Waals surface area contributed by atoms with E-state index in [2.05, 4.69) is 70.1 Å². The largest absolute Gasteiger partial charge is 0.395 e. The fourth-order valence-electron chi connectivity index (χ4n) is 6.34. The van der Waals surface area contributed by atoms with Gasteiger partial charge in [0.1, 0.15) is 12.7 Å². The first-order valence-corrected chi connectivity index (χ1v) is 22.9. The van der Waals surface area contributed by atoms with Crippen LogP contribution in [-0.4, -0.2) is 116 Å². The molecule has 7 N–H and O–H groups in total. The molecule has 0 fully saturated rings. The molecule has 1 aromatic heterocycles. The zero-order valence-corrected chi connectivity index (χ0v) is 35.6. The van der Waals surface area contributed by atoms with Gasteiger partial charge in [0.2, 0.25) is 11.8 Å². The zero-order valence-electron chi connectivity index (χ0n) is 34.0. The second-order valence-corrected chi connectivity index (χ2v) is 16.6. The van der Waals surface area contributed by atoms with Gasteiger partial charge in [-0.25, -0.2) is 4.57 Å². The fourth-order valence-corrected chi connectivity index (χ4v) is 8.15. The van der Waals surface area contributed by atoms with Crippen LogP contribution >= 0.6 is 21.6 Å². The van der Waals surface area contributed by atoms with Crippen molar-refractivity contribution in [1.29, 1.82) is 0 Å². The summed E-state index contributed by atoms with van der Waals surface area (Å²) in [6, 6.07) is 20.2. The standard InChI is InChI=1S/C45H60N6O6S2/c52-31-27-50(28-32-53)42-13-9-38(10-14-42)5-6-40-17-24-48(25-18-40)22-1-3-44(56)46-20-35-58-59-36-21-47-45(57)4-2-23-49-26-19-41(37-49)8-7-39-11-15-43(16-12-39)51(29-33-54)30-34-55/h5-19,24-26,37,52-55H,1-4,20-23,27-36H2,(H-,46,47,56,57)/p+2/b8-7+. The molecular weight excluding hydrogens is 785 g/mol. The van der Waals surface area contributed by atoms with E-state index in [4.69, 9.17) is 0 Å². The second-order valence-electron chi connectivity index (χ2n) is 13.9. The third kappa shape index (κ3) is 18.6. The van der Waals surface area contributed by atoms with Crippen molar-refractivity contribution in [3.8, 4) is 0 Å². The zero-order chi connectivity index (χ0) is 41.9. The molecule has 4 rings (SSSR count). The number of nitrogens with one attached hydrogen (secondary N) is 3. The molecular formula is C45H62N6O6S2+2. The predicted molar refractivity (Wildman–Crippen MR) is 243 cm³/mol. The third-order valence-electron chi connectivity index (χ3n) is 9.48. The van der Waals surface area contributed by atoms with Gasteiger partial charge in [0, 0.05) is 112 Å². The highest BCUT2D eigenvalue weighted by atomic mass is 33.1. The molecule has 0 aliphatic carbocycles. The number of carbonyl (C=O) groups is 2. The average molecular weight is 847 g/mol. The number of aryl methyl sites for hydroxylation is 1. The van der Waals surface area contributed by atoms with Crippen LogP contribution in [0.5, 0.6) is 0 Å². The van der Waals surface area contributed by atoms with Gasteiger partial charge in [-0.05, 0) is 47.0 Å². The van der Waals surface area contributed by atoms with Gasteiger partial charge in [-0.2, -0.15) is 0 Å². The molecule has 1 unspecified atom stereocenters. The van der Waals surface area contributed by atoms with Crippen LogP contribution in [0.15, 0.2) is 103 Å². The summed E-state index contributed by atoms with van der Waals surface area (Å²) in [5.74, 6) is 1.75. The lowest BCUT2D eigenvalue weighted by Gasteiger charge is -2.22. The summed E-state index contributed by atoms with van der Waals surface area (Å²) in [5.41, 5.74) is 6.27. The Balaban J connectivity index is 0.977. The summed E-state index contributed by atoms with van der Waals surface area (Å²) in [6.45, 7) is 4.93. The van der Waals surface area contributed by atoms with Crippen LogP contribution in [-0.2, 0) is 16.1 Å². The minimum absolute atomic E-state index is 0.0376. The van der Waals surface area contributed by atoms with Crippen molar-refractivity contribution in [1.82, 2.24) is 10.6 Å². The normalized spacial score (nSPS) is 13.6. The number of allylic oxidation sites excluding steroid dienone is 3. The maximum atomic E-state index is 12.3. The van der Waals surface area contributed by atoms with E-state index in [9.17, 15) is 30.0 Å². The Morgan fingerprint density at radius 3 is 1.58 bits per heavy atom. The number of carbonyl (C=O) groups excluding carboxylic acids is 2. The molecule has 3 aromatic rings. The number of aliphatic hydroxyl groups is 4. The van der Waals surface area contributed by atoms with Gasteiger partial charge in [-0.3, -0.25) is 14.5 Å². The van der Waals surface area contributed by atoms with Gasteiger partial charge in [0.25, 0.3) is 0 Å². The van der Waals surface area contributed by atoms with Crippen LogP contribution in [0.4, 0.5) is 11.4 Å². The van der Waals surface area contributed by atoms with Crippen molar-refractivity contribution in [2.45, 2.75) is 32.2 Å². The van der Waals surface area contributed by atoms with E-state index in [-0.39, 0.29) is 38.2 Å². The van der Waals surface area contributed by atoms with Gasteiger partial charge in [-0.1, -0.05) is 64.1 Å². The molecule has 2 aromatic carbocycles. The molecule has 12 nitrogen and oxygen atoms in total. The number of amides is 2. The predicted octanol–water partition coefficient (Wildman–Crippen LogP) is 2.91. The Labute approximate surface area is 357 Å². The topological polar surface area (TPSA) is 154 Å². The summed E-state index contributed by atoms with van der Waals surface area (Å²) < 4.78 is 2.08. The van der Waals surface area contributed by atoms with Crippen LogP contribution in [0, 0.1) is 0 Å². The molecule has 1 aliphatic rings. The van der Waals surface area contributed by atoms with Gasteiger partial charge in [-0.15, -0.1) is 0 Å². The average Bonchev–Trinajstić information content (AvgIpc) is 3.71. The van der Waals surface area contributed by atoms with E-state index in [0.29, 0.717) is 52.1 Å². The first kappa shape index (κ1) is 47.3. The van der Waals surface area contributed by atoms with Crippen LogP contribution < -0.4 is 29.9 Å². The molecule has 0 saturated carbocycles. The molecule has 0 spiro atoms. The van der Waals surface area contributed by atoms with Gasteiger partial charge in [0.05, 0.1) is 39.2 Å². The summed E-state index contributed by atoms with van der Waals surface area (Å²) in [5, 5.41) is 43.1. The van der Waals surface area contributed by atoms with Crippen molar-refractivity contribution >= 4 is 63.0 Å². The molecule has 59 heavy (non-hydrogen) atoms. The monoisotopic (exact) mass is 846 g/mol. The quantitative estimate of drug-likeness (QED) is 0.0316. The maximum absolute atomic E-state index is 12.3. The van der Waals surface area contributed by atoms with Crippen molar-refractivity contribution in [2.75, 3.05) is 93.5 Å². The molecule has 2 heterocycles. The van der Waals surface area contributed by atoms with E-state index in [1.54, 1.807) is 21.6 Å². The first-order valence-electron chi connectivity index (χ1n) is 20.4. The number of hydrogen-bond donors (Lipinski definition) is 7. The lowest BCUT2D eigenvalue weighted by Crippen LogP contribution is -3.01.